The molecule has 1 aromatic carbocycles. The molecule has 0 N–H and O–H groups in total. The van der Waals surface area contributed by atoms with Gasteiger partial charge in [0.2, 0.25) is 0 Å². The lowest BCUT2D eigenvalue weighted by molar-refractivity contribution is 1.15. The lowest BCUT2D eigenvalue weighted by atomic mass is 10.4. The van der Waals surface area contributed by atoms with E-state index >= 15 is 0 Å². The van der Waals surface area contributed by atoms with Gasteiger partial charge in [0.05, 0.1) is 8.07 Å². The molecule has 0 aliphatic carbocycles. The maximum Gasteiger partial charge on any atom is 0.150 e. The monoisotopic (exact) mass is 468 g/mol. The molecule has 0 nitrogen and oxygen atoms in total. The van der Waals surface area contributed by atoms with Crippen LogP contribution in [0, 0.1) is 0 Å². The molecule has 0 aliphatic heterocycles. The molecule has 0 amide bonds. The summed E-state index contributed by atoms with van der Waals surface area (Å²) in [6.07, 6.45) is 0. The number of hydrogen-bond acceptors (Lipinski definition) is 0. The molecule has 0 bridgehead atoms. The number of rotatable bonds is 10. The second-order valence-corrected chi connectivity index (χ2v) is 35.0. The molecule has 0 heterocycles. The molecule has 0 saturated carbocycles. The summed E-state index contributed by atoms with van der Waals surface area (Å²) in [5, 5.41) is 1.59. The Labute approximate surface area is 173 Å². The normalized spacial score (nSPS) is 14.0. The van der Waals surface area contributed by atoms with Crippen molar-refractivity contribution in [3.8, 4) is 0 Å². The summed E-state index contributed by atoms with van der Waals surface area (Å²) in [6.45, 7) is 13.7. The van der Waals surface area contributed by atoms with Crippen molar-refractivity contribution >= 4 is 68.6 Å². The molecule has 0 aromatic heterocycles. The molecular formula is C18H35Cl3Si4. The smallest absolute Gasteiger partial charge is 0.150 e. The third kappa shape index (κ3) is 10.2. The van der Waals surface area contributed by atoms with Crippen LogP contribution in [0.3, 0.4) is 0 Å². The third-order valence-electron chi connectivity index (χ3n) is 4.98. The van der Waals surface area contributed by atoms with Gasteiger partial charge in [-0.3, -0.25) is 0 Å². The maximum atomic E-state index is 6.73. The first-order valence-corrected chi connectivity index (χ1v) is 24.6. The second-order valence-electron chi connectivity index (χ2n) is 9.30. The van der Waals surface area contributed by atoms with Gasteiger partial charge in [-0.2, -0.15) is 33.2 Å². The van der Waals surface area contributed by atoms with Gasteiger partial charge < -0.3 is 0 Å². The molecule has 0 unspecified atom stereocenters. The van der Waals surface area contributed by atoms with Crippen molar-refractivity contribution in [2.75, 3.05) is 0 Å². The largest absolute Gasteiger partial charge is 0.168 e. The van der Waals surface area contributed by atoms with E-state index in [0.29, 0.717) is 0 Å². The Morgan fingerprint density at radius 2 is 0.880 bits per heavy atom. The second kappa shape index (κ2) is 9.44. The molecule has 144 valence electrons. The summed E-state index contributed by atoms with van der Waals surface area (Å²) in [6, 6.07) is 18.7. The third-order valence-corrected chi connectivity index (χ3v) is 17.7. The van der Waals surface area contributed by atoms with Crippen LogP contribution in [-0.4, -0.2) is 30.2 Å². The van der Waals surface area contributed by atoms with Crippen molar-refractivity contribution < 1.29 is 0 Å². The number of hydrogen-bond donors (Lipinski definition) is 0. The number of benzene rings is 1. The van der Waals surface area contributed by atoms with E-state index in [1.165, 1.54) is 36.3 Å². The molecule has 0 aliphatic rings. The van der Waals surface area contributed by atoms with Crippen LogP contribution in [0.5, 0.6) is 0 Å². The van der Waals surface area contributed by atoms with Gasteiger partial charge in [-0.15, -0.1) is 0 Å². The van der Waals surface area contributed by atoms with Crippen LogP contribution in [-0.2, 0) is 0 Å². The molecule has 7 heteroatoms. The zero-order valence-corrected chi connectivity index (χ0v) is 23.0. The molecular weight excluding hydrogens is 435 g/mol. The highest BCUT2D eigenvalue weighted by Gasteiger charge is 2.39. The summed E-state index contributed by atoms with van der Waals surface area (Å²) in [7, 11) is -6.41. The van der Waals surface area contributed by atoms with E-state index < -0.39 is 30.2 Å². The van der Waals surface area contributed by atoms with Gasteiger partial charge >= 0.3 is 0 Å². The zero-order valence-electron chi connectivity index (χ0n) is 16.8. The molecule has 0 atom stereocenters. The first-order valence-electron chi connectivity index (χ1n) is 9.35. The van der Waals surface area contributed by atoms with Gasteiger partial charge in [0.15, 0.2) is 0 Å². The minimum Gasteiger partial charge on any atom is -0.168 e. The van der Waals surface area contributed by atoms with Crippen LogP contribution < -0.4 is 5.19 Å². The molecule has 0 fully saturated rings. The van der Waals surface area contributed by atoms with Gasteiger partial charge in [-0.05, 0) is 18.1 Å². The van der Waals surface area contributed by atoms with Crippen molar-refractivity contribution in [3.05, 3.63) is 30.3 Å². The van der Waals surface area contributed by atoms with Crippen molar-refractivity contribution in [1.82, 2.24) is 0 Å². The van der Waals surface area contributed by atoms with Crippen LogP contribution in [0.15, 0.2) is 30.3 Å². The van der Waals surface area contributed by atoms with Crippen molar-refractivity contribution in [3.63, 3.8) is 0 Å². The van der Waals surface area contributed by atoms with Crippen molar-refractivity contribution in [1.29, 1.82) is 0 Å². The van der Waals surface area contributed by atoms with Gasteiger partial charge in [0.25, 0.3) is 0 Å². The SMILES string of the molecule is C[Si](C)(Cl)CC[Si](CC[Si](C)(C)Cl)(CC[Si](C)(C)Cl)c1ccccc1. The Morgan fingerprint density at radius 1 is 0.560 bits per heavy atom. The Bertz CT molecular complexity index is 470. The standard InChI is InChI=1S/C18H35Cl3Si4/c1-22(2,19)12-15-25(16-13-23(3,4)20,17-14-24(5,6)21)18-10-8-7-9-11-18/h7-11H,12-17H2,1-6H3. The lowest BCUT2D eigenvalue weighted by Gasteiger charge is -2.36. The predicted molar refractivity (Wildman–Crippen MR) is 131 cm³/mol. The summed E-state index contributed by atoms with van der Waals surface area (Å²) in [5.74, 6) is 0. The van der Waals surface area contributed by atoms with Gasteiger partial charge in [-0.25, -0.2) is 0 Å². The summed E-state index contributed by atoms with van der Waals surface area (Å²) >= 11 is 20.2. The summed E-state index contributed by atoms with van der Waals surface area (Å²) in [5.41, 5.74) is 0. The molecule has 0 saturated heterocycles. The fraction of sp³-hybridized carbons (Fsp3) is 0.667. The maximum absolute atomic E-state index is 6.73. The first kappa shape index (κ1) is 24.0. The van der Waals surface area contributed by atoms with E-state index in [2.05, 4.69) is 69.6 Å². The van der Waals surface area contributed by atoms with Crippen LogP contribution in [0.25, 0.3) is 0 Å². The van der Waals surface area contributed by atoms with Crippen molar-refractivity contribution in [2.24, 2.45) is 0 Å². The Hall–Kier alpha value is 0.958. The van der Waals surface area contributed by atoms with Gasteiger partial charge in [0, 0.05) is 0 Å². The first-order chi connectivity index (χ1) is 11.2. The summed E-state index contributed by atoms with van der Waals surface area (Å²) in [4.78, 5) is 0. The minimum absolute atomic E-state index is 1.20. The minimum atomic E-state index is -1.65. The predicted octanol–water partition coefficient (Wildman–Crippen LogP) is 7.67. The van der Waals surface area contributed by atoms with E-state index in [1.807, 2.05) is 0 Å². The average Bonchev–Trinajstić information content (AvgIpc) is 2.45. The Morgan fingerprint density at radius 3 is 1.16 bits per heavy atom. The van der Waals surface area contributed by atoms with Crippen LogP contribution in [0.1, 0.15) is 0 Å². The highest BCUT2D eigenvalue weighted by Crippen LogP contribution is 2.35. The van der Waals surface area contributed by atoms with E-state index in [1.54, 1.807) is 5.19 Å². The van der Waals surface area contributed by atoms with Crippen LogP contribution in [0.4, 0.5) is 0 Å². The average molecular weight is 470 g/mol. The molecule has 1 rings (SSSR count). The lowest BCUT2D eigenvalue weighted by Crippen LogP contribution is -2.50. The van der Waals surface area contributed by atoms with E-state index in [9.17, 15) is 0 Å². The fourth-order valence-electron chi connectivity index (χ4n) is 3.21. The highest BCUT2D eigenvalue weighted by molar-refractivity contribution is 7.21. The number of halogens is 3. The quantitative estimate of drug-likeness (QED) is 0.243. The molecule has 0 spiro atoms. The van der Waals surface area contributed by atoms with Gasteiger partial charge in [-0.1, -0.05) is 92.9 Å². The van der Waals surface area contributed by atoms with E-state index in [-0.39, 0.29) is 0 Å². The Kier molecular flexibility index (Phi) is 9.06. The van der Waals surface area contributed by atoms with E-state index in [0.717, 1.165) is 0 Å². The summed E-state index contributed by atoms with van der Waals surface area (Å²) < 4.78 is 0. The fourth-order valence-corrected chi connectivity index (χ4v) is 21.2. The molecule has 0 radical (unpaired) electrons. The van der Waals surface area contributed by atoms with E-state index in [4.69, 9.17) is 33.2 Å². The van der Waals surface area contributed by atoms with Crippen molar-refractivity contribution in [2.45, 2.75) is 75.5 Å². The van der Waals surface area contributed by atoms with Crippen LogP contribution >= 0.6 is 33.2 Å². The topological polar surface area (TPSA) is 0 Å². The highest BCUT2D eigenvalue weighted by atomic mass is 35.6. The Balaban J connectivity index is 3.19. The zero-order chi connectivity index (χ0) is 19.4. The molecule has 1 aromatic rings. The van der Waals surface area contributed by atoms with Gasteiger partial charge in [0.1, 0.15) is 22.2 Å². The van der Waals surface area contributed by atoms with Crippen LogP contribution in [0.2, 0.25) is 75.5 Å². The molecule has 25 heavy (non-hydrogen) atoms.